The molecule has 0 saturated heterocycles. The predicted molar refractivity (Wildman–Crippen MR) is 142 cm³/mol. The highest BCUT2D eigenvalue weighted by Crippen LogP contribution is 2.64. The van der Waals surface area contributed by atoms with E-state index < -0.39 is 13.5 Å². The molecule has 0 unspecified atom stereocenters. The zero-order valence-corrected chi connectivity index (χ0v) is 20.3. The van der Waals surface area contributed by atoms with Crippen LogP contribution in [0.25, 0.3) is 6.08 Å². The normalized spacial score (nSPS) is 19.6. The summed E-state index contributed by atoms with van der Waals surface area (Å²) in [4.78, 5) is 13.4. The Morgan fingerprint density at radius 1 is 0.735 bits per heavy atom. The van der Waals surface area contributed by atoms with Crippen molar-refractivity contribution in [2.75, 3.05) is 7.11 Å². The lowest BCUT2D eigenvalue weighted by molar-refractivity contribution is -0.145. The van der Waals surface area contributed by atoms with Crippen molar-refractivity contribution in [3.63, 3.8) is 0 Å². The summed E-state index contributed by atoms with van der Waals surface area (Å²) in [7, 11) is -1.09. The second-order valence-electron chi connectivity index (χ2n) is 8.94. The summed E-state index contributed by atoms with van der Waals surface area (Å²) in [6.07, 6.45) is 4.96. The van der Waals surface area contributed by atoms with Crippen LogP contribution in [-0.4, -0.2) is 21.2 Å². The lowest BCUT2D eigenvalue weighted by Gasteiger charge is -2.35. The van der Waals surface area contributed by atoms with E-state index in [4.69, 9.17) is 4.74 Å². The van der Waals surface area contributed by atoms with E-state index in [1.54, 1.807) is 0 Å². The van der Waals surface area contributed by atoms with E-state index in [-0.39, 0.29) is 11.5 Å². The molecule has 1 saturated carbocycles. The number of carbonyl (C=O) groups excluding carboxylic acids is 1. The monoisotopic (exact) mass is 460 g/mol. The van der Waals surface area contributed by atoms with Crippen LogP contribution >= 0.6 is 0 Å². The quantitative estimate of drug-likeness (QED) is 0.225. The first-order valence-corrected chi connectivity index (χ1v) is 13.8. The third kappa shape index (κ3) is 3.72. The van der Waals surface area contributed by atoms with Gasteiger partial charge in [0.2, 0.25) is 0 Å². The van der Waals surface area contributed by atoms with Gasteiger partial charge in [-0.1, -0.05) is 133 Å². The molecule has 1 aliphatic carbocycles. The van der Waals surface area contributed by atoms with Crippen molar-refractivity contribution in [3.05, 3.63) is 133 Å². The van der Waals surface area contributed by atoms with E-state index >= 15 is 0 Å². The molecule has 168 valence electrons. The molecule has 0 bridgehead atoms. The van der Waals surface area contributed by atoms with E-state index in [2.05, 4.69) is 115 Å². The first kappa shape index (κ1) is 22.1. The molecule has 1 fully saturated rings. The molecule has 0 amide bonds. The zero-order chi connectivity index (χ0) is 23.4. The molecular weight excluding hydrogens is 432 g/mol. The molecule has 3 heteroatoms. The van der Waals surface area contributed by atoms with Gasteiger partial charge in [0.1, 0.15) is 0 Å². The standard InChI is InChI=1S/C31H28O2Si/c1-33-30(32)31(23-22-25-14-6-2-7-15-25)24-29(31)34(26-16-8-3-9-17-26,27-18-10-4-11-19-27)28-20-12-5-13-21-28/h2-23,29H,24H2,1H3/b23-22+/t29-,31-/m1/s1. The maximum Gasteiger partial charge on any atom is 0.315 e. The molecular formula is C31H28O2Si. The molecule has 5 rings (SSSR count). The SMILES string of the molecule is COC(=O)[C@]1(/C=C/c2ccccc2)C[C@H]1[Si](c1ccccc1)(c1ccccc1)c1ccccc1. The summed E-state index contributed by atoms with van der Waals surface area (Å²) >= 11 is 0. The number of hydrogen-bond donors (Lipinski definition) is 0. The molecule has 0 N–H and O–H groups in total. The maximum atomic E-state index is 13.4. The van der Waals surface area contributed by atoms with Crippen LogP contribution in [0.1, 0.15) is 12.0 Å². The maximum absolute atomic E-state index is 13.4. The number of methoxy groups -OCH3 is 1. The average Bonchev–Trinajstić information content (AvgIpc) is 3.66. The van der Waals surface area contributed by atoms with Crippen molar-refractivity contribution in [1.82, 2.24) is 0 Å². The van der Waals surface area contributed by atoms with Gasteiger partial charge in [-0.2, -0.15) is 0 Å². The molecule has 0 spiro atoms. The van der Waals surface area contributed by atoms with Crippen molar-refractivity contribution in [2.45, 2.75) is 12.0 Å². The summed E-state index contributed by atoms with van der Waals surface area (Å²) in [5.74, 6) is -0.149. The summed E-state index contributed by atoms with van der Waals surface area (Å²) in [6, 6.07) is 42.5. The van der Waals surface area contributed by atoms with E-state index in [1.165, 1.54) is 22.7 Å². The van der Waals surface area contributed by atoms with E-state index in [0.717, 1.165) is 12.0 Å². The molecule has 0 heterocycles. The van der Waals surface area contributed by atoms with Crippen LogP contribution in [0, 0.1) is 5.41 Å². The van der Waals surface area contributed by atoms with Gasteiger partial charge in [0.05, 0.1) is 12.5 Å². The Bertz CT molecular complexity index is 1170. The fourth-order valence-corrected chi connectivity index (χ4v) is 11.5. The molecule has 2 nitrogen and oxygen atoms in total. The van der Waals surface area contributed by atoms with Crippen LogP contribution in [0.4, 0.5) is 0 Å². The third-order valence-electron chi connectivity index (χ3n) is 7.15. The van der Waals surface area contributed by atoms with Crippen molar-refractivity contribution in [1.29, 1.82) is 0 Å². The van der Waals surface area contributed by atoms with E-state index in [1.807, 2.05) is 18.2 Å². The lowest BCUT2D eigenvalue weighted by atomic mass is 10.1. The Hall–Kier alpha value is -3.69. The summed E-state index contributed by atoms with van der Waals surface area (Å²) < 4.78 is 5.43. The smallest absolute Gasteiger partial charge is 0.315 e. The Morgan fingerprint density at radius 3 is 1.56 bits per heavy atom. The molecule has 1 aliphatic rings. The van der Waals surface area contributed by atoms with Gasteiger partial charge in [0.25, 0.3) is 0 Å². The van der Waals surface area contributed by atoms with Gasteiger partial charge in [-0.3, -0.25) is 4.79 Å². The van der Waals surface area contributed by atoms with Crippen molar-refractivity contribution in [3.8, 4) is 0 Å². The highest BCUT2D eigenvalue weighted by Gasteiger charge is 2.69. The Kier molecular flexibility index (Phi) is 6.04. The van der Waals surface area contributed by atoms with E-state index in [0.29, 0.717) is 0 Å². The van der Waals surface area contributed by atoms with Gasteiger partial charge in [-0.15, -0.1) is 0 Å². The van der Waals surface area contributed by atoms with Gasteiger partial charge >= 0.3 is 5.97 Å². The van der Waals surface area contributed by atoms with Gasteiger partial charge in [-0.25, -0.2) is 0 Å². The van der Waals surface area contributed by atoms with Crippen molar-refractivity contribution < 1.29 is 9.53 Å². The number of esters is 1. The molecule has 2 atom stereocenters. The summed E-state index contributed by atoms with van der Waals surface area (Å²) in [5, 5.41) is 3.95. The topological polar surface area (TPSA) is 26.3 Å². The largest absolute Gasteiger partial charge is 0.468 e. The van der Waals surface area contributed by atoms with Gasteiger partial charge in [-0.05, 0) is 33.1 Å². The minimum Gasteiger partial charge on any atom is -0.468 e. The Morgan fingerprint density at radius 2 is 1.15 bits per heavy atom. The number of rotatable bonds is 7. The summed E-state index contributed by atoms with van der Waals surface area (Å²) in [5.41, 5.74) is 0.570. The average molecular weight is 461 g/mol. The third-order valence-corrected chi connectivity index (χ3v) is 12.6. The van der Waals surface area contributed by atoms with Crippen LogP contribution < -0.4 is 15.6 Å². The molecule has 4 aromatic carbocycles. The second-order valence-corrected chi connectivity index (χ2v) is 13.0. The first-order chi connectivity index (χ1) is 16.7. The fraction of sp³-hybridized carbons (Fsp3) is 0.129. The van der Waals surface area contributed by atoms with Crippen LogP contribution in [0.15, 0.2) is 127 Å². The van der Waals surface area contributed by atoms with Crippen LogP contribution in [0.2, 0.25) is 5.54 Å². The Balaban J connectivity index is 1.74. The van der Waals surface area contributed by atoms with Gasteiger partial charge < -0.3 is 4.74 Å². The zero-order valence-electron chi connectivity index (χ0n) is 19.3. The van der Waals surface area contributed by atoms with Gasteiger partial charge in [0, 0.05) is 0 Å². The fourth-order valence-electron chi connectivity index (χ4n) is 5.50. The molecule has 0 aromatic heterocycles. The van der Waals surface area contributed by atoms with Crippen LogP contribution in [0.5, 0.6) is 0 Å². The first-order valence-electron chi connectivity index (χ1n) is 11.7. The minimum atomic E-state index is -2.59. The minimum absolute atomic E-state index is 0.139. The highest BCUT2D eigenvalue weighted by atomic mass is 28.3. The number of carbonyl (C=O) groups is 1. The molecule has 0 radical (unpaired) electrons. The predicted octanol–water partition coefficient (Wildman–Crippen LogP) is 4.80. The lowest BCUT2D eigenvalue weighted by Crippen LogP contribution is -2.68. The van der Waals surface area contributed by atoms with Crippen LogP contribution in [0.3, 0.4) is 0 Å². The van der Waals surface area contributed by atoms with Crippen molar-refractivity contribution in [2.24, 2.45) is 5.41 Å². The van der Waals surface area contributed by atoms with Crippen LogP contribution in [-0.2, 0) is 9.53 Å². The second kappa shape index (κ2) is 9.28. The molecule has 0 aliphatic heterocycles. The van der Waals surface area contributed by atoms with Gasteiger partial charge in [0.15, 0.2) is 8.07 Å². The van der Waals surface area contributed by atoms with Crippen molar-refractivity contribution >= 4 is 35.7 Å². The number of ether oxygens (including phenoxy) is 1. The number of benzene rings is 4. The molecule has 4 aromatic rings. The molecule has 34 heavy (non-hydrogen) atoms. The van der Waals surface area contributed by atoms with E-state index in [9.17, 15) is 4.79 Å². The highest BCUT2D eigenvalue weighted by molar-refractivity contribution is 7.13. The number of hydrogen-bond acceptors (Lipinski definition) is 2. The summed E-state index contributed by atoms with van der Waals surface area (Å²) in [6.45, 7) is 0. The Labute approximate surface area is 202 Å².